The summed E-state index contributed by atoms with van der Waals surface area (Å²) in [5, 5.41) is 2.08. The van der Waals surface area contributed by atoms with E-state index in [9.17, 15) is 4.79 Å². The van der Waals surface area contributed by atoms with Crippen LogP contribution in [0.4, 0.5) is 0 Å². The van der Waals surface area contributed by atoms with Crippen LogP contribution in [0, 0.1) is 0 Å². The Morgan fingerprint density at radius 3 is 2.67 bits per heavy atom. The highest BCUT2D eigenvalue weighted by Crippen LogP contribution is 2.50. The second kappa shape index (κ2) is 2.67. The van der Waals surface area contributed by atoms with Gasteiger partial charge in [-0.3, -0.25) is 4.79 Å². The van der Waals surface area contributed by atoms with Gasteiger partial charge >= 0.3 is 0 Å². The molecule has 1 aromatic rings. The third kappa shape index (κ3) is 1.15. The van der Waals surface area contributed by atoms with Crippen LogP contribution in [0.25, 0.3) is 0 Å². The lowest BCUT2D eigenvalue weighted by Crippen LogP contribution is -2.15. The van der Waals surface area contributed by atoms with Crippen LogP contribution < -0.4 is 0 Å². The Balaban J connectivity index is 2.36. The highest BCUT2D eigenvalue weighted by atomic mass is 79.9. The van der Waals surface area contributed by atoms with Crippen LogP contribution in [0.2, 0.25) is 0 Å². The summed E-state index contributed by atoms with van der Waals surface area (Å²) in [5.74, 6) is 0.313. The normalized spacial score (nSPS) is 19.2. The number of carbonyl (C=O) groups excluding carboxylic acids is 1. The van der Waals surface area contributed by atoms with Crippen LogP contribution in [0.15, 0.2) is 15.2 Å². The van der Waals surface area contributed by atoms with Crippen LogP contribution in [-0.4, -0.2) is 5.78 Å². The van der Waals surface area contributed by atoms with E-state index < -0.39 is 0 Å². The zero-order chi connectivity index (χ0) is 8.77. The molecule has 0 atom stereocenters. The van der Waals surface area contributed by atoms with Gasteiger partial charge in [-0.15, -0.1) is 11.3 Å². The Morgan fingerprint density at radius 2 is 2.33 bits per heavy atom. The maximum atomic E-state index is 11.3. The van der Waals surface area contributed by atoms with Crippen molar-refractivity contribution in [2.75, 3.05) is 0 Å². The molecule has 0 bridgehead atoms. The summed E-state index contributed by atoms with van der Waals surface area (Å²) in [4.78, 5) is 11.3. The maximum absolute atomic E-state index is 11.3. The molecule has 1 heterocycles. The fraction of sp³-hybridized carbons (Fsp3) is 0.444. The van der Waals surface area contributed by atoms with Crippen molar-refractivity contribution in [1.29, 1.82) is 0 Å². The van der Waals surface area contributed by atoms with Gasteiger partial charge in [0.15, 0.2) is 0 Å². The van der Waals surface area contributed by atoms with Gasteiger partial charge in [0.05, 0.1) is 9.20 Å². The fourth-order valence-electron chi connectivity index (χ4n) is 1.53. The quantitative estimate of drug-likeness (QED) is 0.782. The molecule has 1 fully saturated rings. The Kier molecular flexibility index (Phi) is 1.88. The Morgan fingerprint density at radius 1 is 1.67 bits per heavy atom. The van der Waals surface area contributed by atoms with E-state index in [4.69, 9.17) is 0 Å². The van der Waals surface area contributed by atoms with Gasteiger partial charge in [-0.2, -0.15) is 0 Å². The van der Waals surface area contributed by atoms with Crippen LogP contribution >= 0.6 is 27.3 Å². The molecule has 0 saturated heterocycles. The minimum Gasteiger partial charge on any atom is -0.299 e. The summed E-state index contributed by atoms with van der Waals surface area (Å²) in [6.45, 7) is 1.69. The number of carbonyl (C=O) groups is 1. The number of Topliss-reactive ketones (excluding diaryl/α,β-unsaturated/α-hetero) is 1. The summed E-state index contributed by atoms with van der Waals surface area (Å²) in [7, 11) is 0. The molecule has 12 heavy (non-hydrogen) atoms. The SMILES string of the molecule is CC(=O)C1(c2csc(Br)c2)CC1. The third-order valence-corrected chi connectivity index (χ3v) is 4.05. The first-order valence-electron chi connectivity index (χ1n) is 3.91. The van der Waals surface area contributed by atoms with Crippen molar-refractivity contribution >= 4 is 33.0 Å². The average molecular weight is 245 g/mol. The standard InChI is InChI=1S/C9H9BrOS/c1-6(11)9(2-3-9)7-4-8(10)12-5-7/h4-5H,2-3H2,1H3. The van der Waals surface area contributed by atoms with E-state index in [0.29, 0.717) is 5.78 Å². The predicted octanol–water partition coefficient (Wildman–Crippen LogP) is 3.13. The molecule has 2 rings (SSSR count). The van der Waals surface area contributed by atoms with Gasteiger partial charge in [0.1, 0.15) is 5.78 Å². The predicted molar refractivity (Wildman–Crippen MR) is 53.6 cm³/mol. The van der Waals surface area contributed by atoms with Crippen LogP contribution in [0.3, 0.4) is 0 Å². The van der Waals surface area contributed by atoms with Gasteiger partial charge in [0.25, 0.3) is 0 Å². The zero-order valence-electron chi connectivity index (χ0n) is 6.76. The van der Waals surface area contributed by atoms with Crippen LogP contribution in [-0.2, 0) is 10.2 Å². The van der Waals surface area contributed by atoms with Gasteiger partial charge < -0.3 is 0 Å². The number of rotatable bonds is 2. The molecule has 0 amide bonds. The van der Waals surface area contributed by atoms with Gasteiger partial charge in [-0.25, -0.2) is 0 Å². The summed E-state index contributed by atoms with van der Waals surface area (Å²) in [5.41, 5.74) is 1.11. The van der Waals surface area contributed by atoms with E-state index in [1.807, 2.05) is 0 Å². The van der Waals surface area contributed by atoms with Crippen molar-refractivity contribution in [2.45, 2.75) is 25.2 Å². The van der Waals surface area contributed by atoms with Crippen molar-refractivity contribution in [3.05, 3.63) is 20.8 Å². The molecule has 0 radical (unpaired) electrons. The summed E-state index contributed by atoms with van der Waals surface area (Å²) in [6.07, 6.45) is 2.07. The molecule has 1 aromatic heterocycles. The monoisotopic (exact) mass is 244 g/mol. The summed E-state index contributed by atoms with van der Waals surface area (Å²) in [6, 6.07) is 2.07. The Bertz CT molecular complexity index is 325. The third-order valence-electron chi connectivity index (χ3n) is 2.54. The van der Waals surface area contributed by atoms with E-state index in [2.05, 4.69) is 27.4 Å². The second-order valence-corrected chi connectivity index (χ2v) is 5.57. The average Bonchev–Trinajstić information content (AvgIpc) is 2.71. The van der Waals surface area contributed by atoms with Gasteiger partial charge in [-0.1, -0.05) is 0 Å². The van der Waals surface area contributed by atoms with Crippen molar-refractivity contribution in [3.63, 3.8) is 0 Å². The highest BCUT2D eigenvalue weighted by molar-refractivity contribution is 9.11. The number of thiophene rings is 1. The first-order valence-corrected chi connectivity index (χ1v) is 5.58. The molecule has 1 aliphatic carbocycles. The Labute approximate surface area is 83.9 Å². The molecule has 3 heteroatoms. The fourth-order valence-corrected chi connectivity index (χ4v) is 2.79. The molecule has 0 N–H and O–H groups in total. The zero-order valence-corrected chi connectivity index (χ0v) is 9.17. The lowest BCUT2D eigenvalue weighted by molar-refractivity contribution is -0.119. The largest absolute Gasteiger partial charge is 0.299 e. The molecule has 0 aromatic carbocycles. The van der Waals surface area contributed by atoms with E-state index in [1.54, 1.807) is 18.3 Å². The molecule has 1 saturated carbocycles. The van der Waals surface area contributed by atoms with Crippen LogP contribution in [0.5, 0.6) is 0 Å². The first-order chi connectivity index (χ1) is 5.65. The molecule has 1 aliphatic rings. The second-order valence-electron chi connectivity index (χ2n) is 3.28. The van der Waals surface area contributed by atoms with Gasteiger partial charge in [0, 0.05) is 0 Å². The number of hydrogen-bond acceptors (Lipinski definition) is 2. The first kappa shape index (κ1) is 8.45. The molecule has 0 aliphatic heterocycles. The smallest absolute Gasteiger partial charge is 0.140 e. The molecule has 0 unspecified atom stereocenters. The van der Waals surface area contributed by atoms with Gasteiger partial charge in [-0.05, 0) is 52.7 Å². The van der Waals surface area contributed by atoms with E-state index in [1.165, 1.54) is 5.56 Å². The molecule has 64 valence electrons. The minimum absolute atomic E-state index is 0.0947. The number of hydrogen-bond donors (Lipinski definition) is 0. The maximum Gasteiger partial charge on any atom is 0.140 e. The lowest BCUT2D eigenvalue weighted by atomic mass is 9.95. The van der Waals surface area contributed by atoms with Crippen molar-refractivity contribution in [2.24, 2.45) is 0 Å². The topological polar surface area (TPSA) is 17.1 Å². The van der Waals surface area contributed by atoms with Crippen molar-refractivity contribution in [3.8, 4) is 0 Å². The molecule has 1 nitrogen and oxygen atoms in total. The van der Waals surface area contributed by atoms with E-state index >= 15 is 0 Å². The molecular weight excluding hydrogens is 236 g/mol. The van der Waals surface area contributed by atoms with Crippen molar-refractivity contribution in [1.82, 2.24) is 0 Å². The van der Waals surface area contributed by atoms with E-state index in [0.717, 1.165) is 16.6 Å². The minimum atomic E-state index is -0.0947. The molecule has 0 spiro atoms. The number of halogens is 1. The Hall–Kier alpha value is -0.150. The van der Waals surface area contributed by atoms with Gasteiger partial charge in [0.2, 0.25) is 0 Å². The van der Waals surface area contributed by atoms with Crippen LogP contribution in [0.1, 0.15) is 25.3 Å². The van der Waals surface area contributed by atoms with Crippen molar-refractivity contribution < 1.29 is 4.79 Å². The summed E-state index contributed by atoms with van der Waals surface area (Å²) < 4.78 is 1.12. The molecular formula is C9H9BrOS. The highest BCUT2D eigenvalue weighted by Gasteiger charge is 2.49. The number of ketones is 1. The summed E-state index contributed by atoms with van der Waals surface area (Å²) >= 11 is 5.06. The lowest BCUT2D eigenvalue weighted by Gasteiger charge is -2.07. The van der Waals surface area contributed by atoms with E-state index in [-0.39, 0.29) is 5.41 Å².